The lowest BCUT2D eigenvalue weighted by atomic mass is 9.93. The van der Waals surface area contributed by atoms with Crippen molar-refractivity contribution in [2.45, 2.75) is 19.9 Å². The van der Waals surface area contributed by atoms with Gasteiger partial charge in [0.1, 0.15) is 5.82 Å². The fourth-order valence-electron chi connectivity index (χ4n) is 2.30. The Morgan fingerprint density at radius 3 is 2.47 bits per heavy atom. The van der Waals surface area contributed by atoms with E-state index in [1.165, 1.54) is 22.8 Å². The van der Waals surface area contributed by atoms with Gasteiger partial charge in [-0.15, -0.1) is 0 Å². The molecule has 1 nitrogen and oxygen atoms in total. The molecule has 1 N–H and O–H groups in total. The molecule has 1 unspecified atom stereocenters. The third kappa shape index (κ3) is 2.98. The Hall–Kier alpha value is -0.940. The summed E-state index contributed by atoms with van der Waals surface area (Å²) in [6.45, 7) is 4.24. The van der Waals surface area contributed by atoms with Crippen molar-refractivity contribution < 1.29 is 4.39 Å². The lowest BCUT2D eigenvalue weighted by molar-refractivity contribution is 0.621. The van der Waals surface area contributed by atoms with E-state index in [2.05, 4.69) is 60.0 Å². The lowest BCUT2D eigenvalue weighted by Crippen LogP contribution is -2.20. The molecule has 0 aliphatic heterocycles. The molecule has 2 aromatic carbocycles. The van der Waals surface area contributed by atoms with Crippen LogP contribution in [0.1, 0.15) is 28.3 Å². The third-order valence-corrected chi connectivity index (χ3v) is 4.45. The van der Waals surface area contributed by atoms with Crippen molar-refractivity contribution in [2.75, 3.05) is 7.05 Å². The molecule has 0 saturated heterocycles. The zero-order valence-electron chi connectivity index (χ0n) is 11.3. The van der Waals surface area contributed by atoms with E-state index >= 15 is 0 Å². The molecule has 0 aliphatic rings. The van der Waals surface area contributed by atoms with Crippen LogP contribution in [-0.2, 0) is 0 Å². The van der Waals surface area contributed by atoms with Gasteiger partial charge in [0.15, 0.2) is 0 Å². The number of benzene rings is 2. The molecular formula is C16H17FIN. The standard InChI is InChI=1S/C16H17FIN/c1-10-5-4-6-13(11(10)2)16(19-3)14-8-7-12(17)9-15(14)18/h4-9,16,19H,1-3H3. The predicted octanol–water partition coefficient (Wildman–Crippen LogP) is 4.36. The van der Waals surface area contributed by atoms with Gasteiger partial charge < -0.3 is 5.32 Å². The first kappa shape index (κ1) is 14.5. The molecule has 1 atom stereocenters. The molecular weight excluding hydrogens is 352 g/mol. The highest BCUT2D eigenvalue weighted by molar-refractivity contribution is 14.1. The molecule has 0 fully saturated rings. The van der Waals surface area contributed by atoms with Crippen molar-refractivity contribution >= 4 is 22.6 Å². The minimum absolute atomic E-state index is 0.0902. The maximum Gasteiger partial charge on any atom is 0.124 e. The topological polar surface area (TPSA) is 12.0 Å². The molecule has 0 amide bonds. The van der Waals surface area contributed by atoms with Crippen molar-refractivity contribution in [2.24, 2.45) is 0 Å². The molecule has 19 heavy (non-hydrogen) atoms. The number of halogens is 2. The maximum absolute atomic E-state index is 13.2. The summed E-state index contributed by atoms with van der Waals surface area (Å²) in [5.41, 5.74) is 4.90. The fourth-order valence-corrected chi connectivity index (χ4v) is 3.09. The van der Waals surface area contributed by atoms with Crippen molar-refractivity contribution in [3.05, 3.63) is 68.0 Å². The molecule has 2 aromatic rings. The van der Waals surface area contributed by atoms with E-state index in [-0.39, 0.29) is 11.9 Å². The van der Waals surface area contributed by atoms with E-state index < -0.39 is 0 Å². The Balaban J connectivity index is 2.53. The summed E-state index contributed by atoms with van der Waals surface area (Å²) in [6.07, 6.45) is 0. The minimum Gasteiger partial charge on any atom is -0.309 e. The summed E-state index contributed by atoms with van der Waals surface area (Å²) in [5, 5.41) is 3.34. The summed E-state index contributed by atoms with van der Waals surface area (Å²) >= 11 is 2.19. The highest BCUT2D eigenvalue weighted by atomic mass is 127. The Bertz CT molecular complexity index is 595. The summed E-state index contributed by atoms with van der Waals surface area (Å²) in [5.74, 6) is -0.191. The first-order valence-corrected chi connectivity index (χ1v) is 7.30. The smallest absolute Gasteiger partial charge is 0.124 e. The van der Waals surface area contributed by atoms with Crippen LogP contribution in [-0.4, -0.2) is 7.05 Å². The first-order chi connectivity index (χ1) is 9.04. The van der Waals surface area contributed by atoms with Gasteiger partial charge in [0, 0.05) is 3.57 Å². The van der Waals surface area contributed by atoms with Crippen LogP contribution in [0.5, 0.6) is 0 Å². The molecule has 2 rings (SSSR count). The van der Waals surface area contributed by atoms with Gasteiger partial charge in [-0.2, -0.15) is 0 Å². The van der Waals surface area contributed by atoms with Gasteiger partial charge in [0.2, 0.25) is 0 Å². The Labute approximate surface area is 127 Å². The Kier molecular flexibility index (Phi) is 4.58. The van der Waals surface area contributed by atoms with E-state index in [0.29, 0.717) is 0 Å². The summed E-state index contributed by atoms with van der Waals surface area (Å²) in [7, 11) is 1.94. The zero-order valence-corrected chi connectivity index (χ0v) is 13.5. The van der Waals surface area contributed by atoms with Gasteiger partial charge in [-0.05, 0) is 77.9 Å². The second-order valence-electron chi connectivity index (χ2n) is 4.68. The average molecular weight is 369 g/mol. The lowest BCUT2D eigenvalue weighted by Gasteiger charge is -2.21. The molecule has 0 aromatic heterocycles. The van der Waals surface area contributed by atoms with Crippen LogP contribution in [0.4, 0.5) is 4.39 Å². The molecule has 0 radical (unpaired) electrons. The van der Waals surface area contributed by atoms with E-state index in [0.717, 1.165) is 9.13 Å². The van der Waals surface area contributed by atoms with Crippen molar-refractivity contribution in [1.82, 2.24) is 5.32 Å². The van der Waals surface area contributed by atoms with Gasteiger partial charge >= 0.3 is 0 Å². The normalized spacial score (nSPS) is 12.5. The van der Waals surface area contributed by atoms with Crippen molar-refractivity contribution in [3.63, 3.8) is 0 Å². The molecule has 0 saturated carbocycles. The number of hydrogen-bond acceptors (Lipinski definition) is 1. The second kappa shape index (κ2) is 6.01. The van der Waals surface area contributed by atoms with E-state index in [9.17, 15) is 4.39 Å². The molecule has 0 aliphatic carbocycles. The highest BCUT2D eigenvalue weighted by Gasteiger charge is 2.17. The second-order valence-corrected chi connectivity index (χ2v) is 5.84. The Morgan fingerprint density at radius 2 is 1.84 bits per heavy atom. The fraction of sp³-hybridized carbons (Fsp3) is 0.250. The summed E-state index contributed by atoms with van der Waals surface area (Å²) < 4.78 is 14.2. The molecule has 0 heterocycles. The SMILES string of the molecule is CNC(c1ccc(F)cc1I)c1cccc(C)c1C. The largest absolute Gasteiger partial charge is 0.309 e. The Morgan fingerprint density at radius 1 is 1.11 bits per heavy atom. The first-order valence-electron chi connectivity index (χ1n) is 6.23. The molecule has 0 spiro atoms. The van der Waals surface area contributed by atoms with E-state index in [4.69, 9.17) is 0 Å². The van der Waals surface area contributed by atoms with Gasteiger partial charge in [-0.25, -0.2) is 4.39 Å². The summed E-state index contributed by atoms with van der Waals surface area (Å²) in [6, 6.07) is 11.4. The maximum atomic E-state index is 13.2. The number of nitrogens with one attached hydrogen (secondary N) is 1. The average Bonchev–Trinajstić information content (AvgIpc) is 2.37. The highest BCUT2D eigenvalue weighted by Crippen LogP contribution is 2.29. The van der Waals surface area contributed by atoms with Crippen molar-refractivity contribution in [3.8, 4) is 0 Å². The summed E-state index contributed by atoms with van der Waals surface area (Å²) in [4.78, 5) is 0. The van der Waals surface area contributed by atoms with Crippen LogP contribution in [0.3, 0.4) is 0 Å². The molecule has 100 valence electrons. The van der Waals surface area contributed by atoms with Crippen LogP contribution in [0.25, 0.3) is 0 Å². The van der Waals surface area contributed by atoms with Crippen LogP contribution in [0.2, 0.25) is 0 Å². The number of aryl methyl sites for hydroxylation is 1. The van der Waals surface area contributed by atoms with Crippen molar-refractivity contribution in [1.29, 1.82) is 0 Å². The van der Waals surface area contributed by atoms with Gasteiger partial charge in [0.05, 0.1) is 6.04 Å². The molecule has 3 heteroatoms. The van der Waals surface area contributed by atoms with Gasteiger partial charge in [0.25, 0.3) is 0 Å². The van der Waals surface area contributed by atoms with Crippen LogP contribution >= 0.6 is 22.6 Å². The third-order valence-electron chi connectivity index (χ3n) is 3.52. The van der Waals surface area contributed by atoms with E-state index in [1.54, 1.807) is 6.07 Å². The minimum atomic E-state index is -0.191. The molecule has 0 bridgehead atoms. The predicted molar refractivity (Wildman–Crippen MR) is 85.9 cm³/mol. The zero-order chi connectivity index (χ0) is 14.0. The van der Waals surface area contributed by atoms with Gasteiger partial charge in [-0.3, -0.25) is 0 Å². The van der Waals surface area contributed by atoms with Crippen LogP contribution < -0.4 is 5.32 Å². The van der Waals surface area contributed by atoms with Crippen LogP contribution in [0.15, 0.2) is 36.4 Å². The quantitative estimate of drug-likeness (QED) is 0.793. The van der Waals surface area contributed by atoms with Crippen LogP contribution in [0, 0.1) is 23.2 Å². The van der Waals surface area contributed by atoms with E-state index in [1.807, 2.05) is 13.1 Å². The number of hydrogen-bond donors (Lipinski definition) is 1. The number of rotatable bonds is 3. The monoisotopic (exact) mass is 369 g/mol. The van der Waals surface area contributed by atoms with Gasteiger partial charge in [-0.1, -0.05) is 24.3 Å².